The van der Waals surface area contributed by atoms with Crippen molar-refractivity contribution in [2.24, 2.45) is 5.92 Å². The van der Waals surface area contributed by atoms with Crippen LogP contribution in [0.25, 0.3) is 0 Å². The normalized spacial score (nSPS) is 22.1. The number of piperidine rings is 1. The van der Waals surface area contributed by atoms with Gasteiger partial charge >= 0.3 is 5.97 Å². The number of esters is 1. The average Bonchev–Trinajstić information content (AvgIpc) is 2.36. The third-order valence-electron chi connectivity index (χ3n) is 3.03. The van der Waals surface area contributed by atoms with E-state index in [1.54, 1.807) is 0 Å². The molecule has 0 aromatic carbocycles. The van der Waals surface area contributed by atoms with Crippen LogP contribution in [0.2, 0.25) is 0 Å². The Balaban J connectivity index is 2.29. The SMILES string of the molecule is CCCC(OCC1CCCNC1)C(=O)OCC. The first-order valence-corrected chi connectivity index (χ1v) is 6.76. The molecule has 1 N–H and O–H groups in total. The van der Waals surface area contributed by atoms with Crippen molar-refractivity contribution in [2.45, 2.75) is 45.6 Å². The molecule has 1 saturated heterocycles. The maximum absolute atomic E-state index is 11.6. The first-order chi connectivity index (χ1) is 8.27. The summed E-state index contributed by atoms with van der Waals surface area (Å²) in [5.74, 6) is 0.329. The van der Waals surface area contributed by atoms with Crippen LogP contribution in [0.5, 0.6) is 0 Å². The van der Waals surface area contributed by atoms with E-state index in [0.29, 0.717) is 19.1 Å². The molecule has 0 saturated carbocycles. The minimum atomic E-state index is -0.373. The molecule has 17 heavy (non-hydrogen) atoms. The van der Waals surface area contributed by atoms with Crippen molar-refractivity contribution < 1.29 is 14.3 Å². The average molecular weight is 243 g/mol. The highest BCUT2D eigenvalue weighted by Gasteiger charge is 2.22. The molecule has 0 radical (unpaired) electrons. The van der Waals surface area contributed by atoms with Gasteiger partial charge in [0.15, 0.2) is 6.10 Å². The maximum atomic E-state index is 11.6. The van der Waals surface area contributed by atoms with Gasteiger partial charge in [-0.15, -0.1) is 0 Å². The van der Waals surface area contributed by atoms with E-state index in [1.807, 2.05) is 6.92 Å². The highest BCUT2D eigenvalue weighted by atomic mass is 16.6. The lowest BCUT2D eigenvalue weighted by molar-refractivity contribution is -0.158. The van der Waals surface area contributed by atoms with Gasteiger partial charge in [-0.2, -0.15) is 0 Å². The molecule has 2 atom stereocenters. The maximum Gasteiger partial charge on any atom is 0.335 e. The van der Waals surface area contributed by atoms with Crippen LogP contribution in [-0.2, 0) is 14.3 Å². The van der Waals surface area contributed by atoms with Gasteiger partial charge in [-0.25, -0.2) is 4.79 Å². The van der Waals surface area contributed by atoms with E-state index >= 15 is 0 Å². The molecule has 4 nitrogen and oxygen atoms in total. The fourth-order valence-corrected chi connectivity index (χ4v) is 2.09. The molecule has 0 amide bonds. The Morgan fingerprint density at radius 2 is 2.29 bits per heavy atom. The van der Waals surface area contributed by atoms with Crippen molar-refractivity contribution in [3.05, 3.63) is 0 Å². The Bertz CT molecular complexity index is 215. The van der Waals surface area contributed by atoms with E-state index < -0.39 is 0 Å². The third-order valence-corrected chi connectivity index (χ3v) is 3.03. The molecule has 1 fully saturated rings. The number of ether oxygens (including phenoxy) is 2. The molecule has 0 bridgehead atoms. The van der Waals surface area contributed by atoms with Gasteiger partial charge in [-0.3, -0.25) is 0 Å². The van der Waals surface area contributed by atoms with Crippen molar-refractivity contribution in [2.75, 3.05) is 26.3 Å². The van der Waals surface area contributed by atoms with Crippen LogP contribution >= 0.6 is 0 Å². The van der Waals surface area contributed by atoms with Gasteiger partial charge in [0, 0.05) is 6.54 Å². The Labute approximate surface area is 104 Å². The molecule has 4 heteroatoms. The molecule has 1 aliphatic rings. The van der Waals surface area contributed by atoms with Gasteiger partial charge in [0.25, 0.3) is 0 Å². The van der Waals surface area contributed by atoms with Crippen molar-refractivity contribution in [3.8, 4) is 0 Å². The predicted molar refractivity (Wildman–Crippen MR) is 66.9 cm³/mol. The second-order valence-corrected chi connectivity index (χ2v) is 4.58. The van der Waals surface area contributed by atoms with Gasteiger partial charge in [-0.05, 0) is 38.6 Å². The number of hydrogen-bond acceptors (Lipinski definition) is 4. The monoisotopic (exact) mass is 243 g/mol. The highest BCUT2D eigenvalue weighted by Crippen LogP contribution is 2.13. The topological polar surface area (TPSA) is 47.6 Å². The van der Waals surface area contributed by atoms with E-state index in [4.69, 9.17) is 9.47 Å². The van der Waals surface area contributed by atoms with Gasteiger partial charge < -0.3 is 14.8 Å². The smallest absolute Gasteiger partial charge is 0.335 e. The van der Waals surface area contributed by atoms with E-state index in [9.17, 15) is 4.79 Å². The molecule has 0 spiro atoms. The summed E-state index contributed by atoms with van der Waals surface area (Å²) >= 11 is 0. The van der Waals surface area contributed by atoms with Crippen molar-refractivity contribution in [1.82, 2.24) is 5.32 Å². The van der Waals surface area contributed by atoms with Crippen LogP contribution in [0.3, 0.4) is 0 Å². The molecule has 0 aromatic rings. The lowest BCUT2D eigenvalue weighted by Crippen LogP contribution is -2.35. The van der Waals surface area contributed by atoms with Gasteiger partial charge in [0.2, 0.25) is 0 Å². The molecular weight excluding hydrogens is 218 g/mol. The van der Waals surface area contributed by atoms with Crippen LogP contribution in [0, 0.1) is 5.92 Å². The fourth-order valence-electron chi connectivity index (χ4n) is 2.09. The van der Waals surface area contributed by atoms with Crippen LogP contribution in [0.4, 0.5) is 0 Å². The molecule has 100 valence electrons. The molecule has 2 unspecified atom stereocenters. The van der Waals surface area contributed by atoms with Gasteiger partial charge in [-0.1, -0.05) is 13.3 Å². The largest absolute Gasteiger partial charge is 0.464 e. The number of hydrogen-bond donors (Lipinski definition) is 1. The summed E-state index contributed by atoms with van der Waals surface area (Å²) in [7, 11) is 0. The second-order valence-electron chi connectivity index (χ2n) is 4.58. The first-order valence-electron chi connectivity index (χ1n) is 6.76. The van der Waals surface area contributed by atoms with E-state index in [-0.39, 0.29) is 12.1 Å². The fraction of sp³-hybridized carbons (Fsp3) is 0.923. The summed E-state index contributed by atoms with van der Waals surface area (Å²) in [4.78, 5) is 11.6. The lowest BCUT2D eigenvalue weighted by Gasteiger charge is -2.24. The zero-order valence-corrected chi connectivity index (χ0v) is 11.0. The molecular formula is C13H25NO3. The Morgan fingerprint density at radius 1 is 1.47 bits per heavy atom. The van der Waals surface area contributed by atoms with Crippen molar-refractivity contribution >= 4 is 5.97 Å². The lowest BCUT2D eigenvalue weighted by atomic mass is 10.0. The first kappa shape index (κ1) is 14.5. The number of carbonyl (C=O) groups excluding carboxylic acids is 1. The Hall–Kier alpha value is -0.610. The minimum absolute atomic E-state index is 0.210. The highest BCUT2D eigenvalue weighted by molar-refractivity contribution is 5.74. The quantitative estimate of drug-likeness (QED) is 0.692. The second kappa shape index (κ2) is 8.48. The Kier molecular flexibility index (Phi) is 7.21. The van der Waals surface area contributed by atoms with E-state index in [0.717, 1.165) is 25.9 Å². The summed E-state index contributed by atoms with van der Waals surface area (Å²) < 4.78 is 10.7. The number of nitrogens with one attached hydrogen (secondary N) is 1. The van der Waals surface area contributed by atoms with Crippen molar-refractivity contribution in [1.29, 1.82) is 0 Å². The summed E-state index contributed by atoms with van der Waals surface area (Å²) in [5, 5.41) is 3.35. The summed E-state index contributed by atoms with van der Waals surface area (Å²) in [6.45, 7) is 7.07. The predicted octanol–water partition coefficient (Wildman–Crippen LogP) is 1.73. The third kappa shape index (κ3) is 5.50. The minimum Gasteiger partial charge on any atom is -0.464 e. The number of rotatable bonds is 7. The van der Waals surface area contributed by atoms with Crippen molar-refractivity contribution in [3.63, 3.8) is 0 Å². The summed E-state index contributed by atoms with van der Waals surface area (Å²) in [6, 6.07) is 0. The zero-order chi connectivity index (χ0) is 12.5. The molecule has 1 heterocycles. The molecule has 1 rings (SSSR count). The van der Waals surface area contributed by atoms with Gasteiger partial charge in [0.05, 0.1) is 13.2 Å². The van der Waals surface area contributed by atoms with Crippen LogP contribution in [0.15, 0.2) is 0 Å². The summed E-state index contributed by atoms with van der Waals surface area (Å²) in [5.41, 5.74) is 0. The van der Waals surface area contributed by atoms with Crippen LogP contribution in [0.1, 0.15) is 39.5 Å². The molecule has 0 aliphatic carbocycles. The van der Waals surface area contributed by atoms with E-state index in [1.165, 1.54) is 12.8 Å². The summed E-state index contributed by atoms with van der Waals surface area (Å²) in [6.07, 6.45) is 3.70. The molecule has 0 aromatic heterocycles. The van der Waals surface area contributed by atoms with Gasteiger partial charge in [0.1, 0.15) is 0 Å². The van der Waals surface area contributed by atoms with Crippen LogP contribution < -0.4 is 5.32 Å². The Morgan fingerprint density at radius 3 is 2.88 bits per heavy atom. The van der Waals surface area contributed by atoms with Crippen LogP contribution in [-0.4, -0.2) is 38.4 Å². The number of carbonyl (C=O) groups is 1. The standard InChI is InChI=1S/C13H25NO3/c1-3-6-12(13(15)16-4-2)17-10-11-7-5-8-14-9-11/h11-12,14H,3-10H2,1-2H3. The van der Waals surface area contributed by atoms with E-state index in [2.05, 4.69) is 12.2 Å². The molecule has 1 aliphatic heterocycles. The zero-order valence-electron chi connectivity index (χ0n) is 11.0.